The predicted octanol–water partition coefficient (Wildman–Crippen LogP) is 1.96. The molecular formula is C14H15ClNO3+. The van der Waals surface area contributed by atoms with Gasteiger partial charge in [0.25, 0.3) is 0 Å². The summed E-state index contributed by atoms with van der Waals surface area (Å²) in [5, 5.41) is 0.550. The number of ether oxygens (including phenoxy) is 1. The van der Waals surface area contributed by atoms with Crippen molar-refractivity contribution in [3.05, 3.63) is 41.4 Å². The quantitative estimate of drug-likeness (QED) is 0.628. The molecule has 0 aliphatic carbocycles. The molecule has 5 heteroatoms. The SMILES string of the molecule is COC(=O)C[N+]1(c2ccccc2Cl)CC=CC(=O)C1. The maximum atomic E-state index is 11.7. The number of ketones is 1. The molecule has 0 spiro atoms. The smallest absolute Gasteiger partial charge is 0.361 e. The van der Waals surface area contributed by atoms with Gasteiger partial charge in [-0.15, -0.1) is 0 Å². The third-order valence-corrected chi connectivity index (χ3v) is 3.56. The first-order valence-corrected chi connectivity index (χ1v) is 6.32. The van der Waals surface area contributed by atoms with Gasteiger partial charge in [0.2, 0.25) is 5.78 Å². The summed E-state index contributed by atoms with van der Waals surface area (Å²) < 4.78 is 4.92. The Morgan fingerprint density at radius 2 is 2.16 bits per heavy atom. The minimum atomic E-state index is -0.358. The third-order valence-electron chi connectivity index (χ3n) is 3.24. The Kier molecular flexibility index (Phi) is 4.02. The van der Waals surface area contributed by atoms with Crippen LogP contribution in [0.3, 0.4) is 0 Å². The number of para-hydroxylation sites is 1. The number of hydrogen-bond acceptors (Lipinski definition) is 3. The van der Waals surface area contributed by atoms with Crippen molar-refractivity contribution in [1.82, 2.24) is 4.48 Å². The zero-order valence-corrected chi connectivity index (χ0v) is 11.4. The largest absolute Gasteiger partial charge is 0.465 e. The molecule has 0 fully saturated rings. The molecule has 1 aliphatic rings. The van der Waals surface area contributed by atoms with Gasteiger partial charge >= 0.3 is 5.97 Å². The van der Waals surface area contributed by atoms with Crippen molar-refractivity contribution in [3.8, 4) is 0 Å². The van der Waals surface area contributed by atoms with E-state index in [0.29, 0.717) is 11.6 Å². The summed E-state index contributed by atoms with van der Waals surface area (Å²) in [6.45, 7) is 0.857. The molecular weight excluding hydrogens is 266 g/mol. The number of carbonyl (C=O) groups is 2. The van der Waals surface area contributed by atoms with Gasteiger partial charge < -0.3 is 4.74 Å². The van der Waals surface area contributed by atoms with Crippen molar-refractivity contribution in [2.75, 3.05) is 26.7 Å². The van der Waals surface area contributed by atoms with Gasteiger partial charge in [0.15, 0.2) is 12.2 Å². The average Bonchev–Trinajstić information content (AvgIpc) is 2.39. The molecule has 0 aromatic heterocycles. The maximum Gasteiger partial charge on any atom is 0.361 e. The molecule has 1 heterocycles. The topological polar surface area (TPSA) is 43.4 Å². The molecule has 19 heavy (non-hydrogen) atoms. The molecule has 1 aliphatic heterocycles. The van der Waals surface area contributed by atoms with E-state index < -0.39 is 0 Å². The molecule has 0 saturated carbocycles. The summed E-state index contributed by atoms with van der Waals surface area (Å²) in [5.74, 6) is -0.377. The summed E-state index contributed by atoms with van der Waals surface area (Å²) in [4.78, 5) is 23.4. The molecule has 1 aromatic carbocycles. The average molecular weight is 281 g/mol. The van der Waals surface area contributed by atoms with Gasteiger partial charge in [-0.25, -0.2) is 4.79 Å². The van der Waals surface area contributed by atoms with Gasteiger partial charge in [-0.2, -0.15) is 0 Å². The van der Waals surface area contributed by atoms with Crippen molar-refractivity contribution in [2.45, 2.75) is 0 Å². The Balaban J connectivity index is 2.45. The highest BCUT2D eigenvalue weighted by molar-refractivity contribution is 6.33. The number of carbonyl (C=O) groups excluding carboxylic acids is 2. The van der Waals surface area contributed by atoms with Gasteiger partial charge in [0.1, 0.15) is 18.1 Å². The standard InChI is InChI=1S/C14H15ClNO3/c1-19-14(18)10-16(8-4-5-11(17)9-16)13-7-3-2-6-12(13)15/h2-7H,8-10H2,1H3/q+1. The number of hydrogen-bond donors (Lipinski definition) is 0. The number of quaternary nitrogens is 1. The van der Waals surface area contributed by atoms with Crippen LogP contribution in [-0.4, -0.2) is 38.5 Å². The molecule has 1 atom stereocenters. The molecule has 0 saturated heterocycles. The Morgan fingerprint density at radius 3 is 2.79 bits per heavy atom. The first kappa shape index (κ1) is 13.8. The zero-order chi connectivity index (χ0) is 13.9. The molecule has 1 aromatic rings. The second kappa shape index (κ2) is 5.55. The van der Waals surface area contributed by atoms with Crippen LogP contribution in [0, 0.1) is 0 Å². The summed E-state index contributed by atoms with van der Waals surface area (Å²) in [7, 11) is 1.34. The van der Waals surface area contributed by atoms with E-state index in [9.17, 15) is 9.59 Å². The van der Waals surface area contributed by atoms with E-state index in [1.54, 1.807) is 18.2 Å². The van der Waals surface area contributed by atoms with Crippen LogP contribution in [0.4, 0.5) is 5.69 Å². The lowest BCUT2D eigenvalue weighted by atomic mass is 10.1. The first-order chi connectivity index (χ1) is 9.07. The van der Waals surface area contributed by atoms with Crippen LogP contribution in [0.1, 0.15) is 0 Å². The molecule has 0 N–H and O–H groups in total. The number of benzene rings is 1. The third kappa shape index (κ3) is 2.85. The zero-order valence-electron chi connectivity index (χ0n) is 10.6. The molecule has 100 valence electrons. The lowest BCUT2D eigenvalue weighted by Gasteiger charge is -2.37. The van der Waals surface area contributed by atoms with Crippen LogP contribution < -0.4 is 4.48 Å². The summed E-state index contributed by atoms with van der Waals surface area (Å²) >= 11 is 6.22. The summed E-state index contributed by atoms with van der Waals surface area (Å²) in [6.07, 6.45) is 3.32. The monoisotopic (exact) mass is 280 g/mol. The minimum absolute atomic E-state index is 0.0185. The Labute approximate surface area is 116 Å². The van der Waals surface area contributed by atoms with Crippen molar-refractivity contribution in [1.29, 1.82) is 0 Å². The molecule has 2 rings (SSSR count). The maximum absolute atomic E-state index is 11.7. The van der Waals surface area contributed by atoms with Gasteiger partial charge in [-0.3, -0.25) is 9.28 Å². The van der Waals surface area contributed by atoms with Gasteiger partial charge in [0, 0.05) is 6.07 Å². The number of methoxy groups -OCH3 is 1. The molecule has 0 radical (unpaired) electrons. The second-order valence-electron chi connectivity index (χ2n) is 4.54. The lowest BCUT2D eigenvalue weighted by Crippen LogP contribution is -2.57. The van der Waals surface area contributed by atoms with Crippen molar-refractivity contribution < 1.29 is 14.3 Å². The van der Waals surface area contributed by atoms with E-state index in [0.717, 1.165) is 5.69 Å². The van der Waals surface area contributed by atoms with Crippen LogP contribution in [0.2, 0.25) is 5.02 Å². The van der Waals surface area contributed by atoms with Gasteiger partial charge in [0.05, 0.1) is 7.11 Å². The predicted molar refractivity (Wildman–Crippen MR) is 74.0 cm³/mol. The normalized spacial score (nSPS) is 22.3. The number of rotatable bonds is 3. The molecule has 1 unspecified atom stereocenters. The fraction of sp³-hybridized carbons (Fsp3) is 0.286. The fourth-order valence-corrected chi connectivity index (χ4v) is 2.65. The first-order valence-electron chi connectivity index (χ1n) is 5.95. The van der Waals surface area contributed by atoms with Gasteiger partial charge in [-0.1, -0.05) is 23.7 Å². The molecule has 0 bridgehead atoms. The van der Waals surface area contributed by atoms with E-state index in [-0.39, 0.29) is 29.3 Å². The van der Waals surface area contributed by atoms with Crippen LogP contribution >= 0.6 is 11.6 Å². The van der Waals surface area contributed by atoms with Gasteiger partial charge in [-0.05, 0) is 18.2 Å². The van der Waals surface area contributed by atoms with Crippen molar-refractivity contribution in [3.63, 3.8) is 0 Å². The Morgan fingerprint density at radius 1 is 1.42 bits per heavy atom. The van der Waals surface area contributed by atoms with E-state index in [2.05, 4.69) is 0 Å². The Hall–Kier alpha value is -1.65. The number of nitrogens with zero attached hydrogens (tertiary/aromatic N) is 1. The Bertz CT molecular complexity index is 541. The van der Waals surface area contributed by atoms with Crippen LogP contribution in [0.5, 0.6) is 0 Å². The van der Waals surface area contributed by atoms with E-state index in [1.165, 1.54) is 7.11 Å². The highest BCUT2D eigenvalue weighted by atomic mass is 35.5. The fourth-order valence-electron chi connectivity index (χ4n) is 2.34. The highest BCUT2D eigenvalue weighted by Gasteiger charge is 2.38. The van der Waals surface area contributed by atoms with E-state index >= 15 is 0 Å². The van der Waals surface area contributed by atoms with Crippen LogP contribution in [-0.2, 0) is 14.3 Å². The molecule has 4 nitrogen and oxygen atoms in total. The second-order valence-corrected chi connectivity index (χ2v) is 4.95. The summed E-state index contributed by atoms with van der Waals surface area (Å²) in [6, 6.07) is 7.28. The van der Waals surface area contributed by atoms with Crippen LogP contribution in [0.25, 0.3) is 0 Å². The van der Waals surface area contributed by atoms with E-state index in [1.807, 2.05) is 18.2 Å². The minimum Gasteiger partial charge on any atom is -0.465 e. The van der Waals surface area contributed by atoms with Crippen molar-refractivity contribution >= 4 is 29.0 Å². The lowest BCUT2D eigenvalue weighted by molar-refractivity contribution is -0.141. The van der Waals surface area contributed by atoms with Crippen molar-refractivity contribution in [2.24, 2.45) is 0 Å². The van der Waals surface area contributed by atoms with E-state index in [4.69, 9.17) is 16.3 Å². The number of halogens is 1. The van der Waals surface area contributed by atoms with Crippen LogP contribution in [0.15, 0.2) is 36.4 Å². The highest BCUT2D eigenvalue weighted by Crippen LogP contribution is 2.32. The summed E-state index contributed by atoms with van der Waals surface area (Å²) in [5.41, 5.74) is 0.771. The molecule has 0 amide bonds. The number of esters is 1.